The van der Waals surface area contributed by atoms with E-state index in [1.807, 2.05) is 12.1 Å². The molecule has 0 saturated carbocycles. The fourth-order valence-corrected chi connectivity index (χ4v) is 2.18. The number of hydrogen-bond acceptors (Lipinski definition) is 4. The molecule has 1 aliphatic rings. The number of likely N-dealkylation sites (tertiary alicyclic amines) is 1. The van der Waals surface area contributed by atoms with Crippen molar-refractivity contribution in [2.75, 3.05) is 20.1 Å². The second-order valence-electron chi connectivity index (χ2n) is 4.43. The summed E-state index contributed by atoms with van der Waals surface area (Å²) in [6.07, 6.45) is 4.20. The number of likely N-dealkylation sites (N-methyl/N-ethyl adjacent to an activating group) is 1. The Bertz CT molecular complexity index is 415. The lowest BCUT2D eigenvalue weighted by atomic mass is 9.89. The third kappa shape index (κ3) is 2.73. The predicted octanol–water partition coefficient (Wildman–Crippen LogP) is 0.534. The van der Waals surface area contributed by atoms with Crippen LogP contribution in [0, 0.1) is 0 Å². The Morgan fingerprint density at radius 3 is 2.67 bits per heavy atom. The van der Waals surface area contributed by atoms with Gasteiger partial charge in [-0.2, -0.15) is 0 Å². The summed E-state index contributed by atoms with van der Waals surface area (Å²) >= 11 is 0. The van der Waals surface area contributed by atoms with E-state index in [9.17, 15) is 9.59 Å². The number of piperidine rings is 1. The number of pyridine rings is 1. The summed E-state index contributed by atoms with van der Waals surface area (Å²) < 4.78 is 0. The minimum atomic E-state index is -0.0876. The smallest absolute Gasteiger partial charge is 0.229 e. The monoisotopic (exact) mass is 247 g/mol. The van der Waals surface area contributed by atoms with Crippen LogP contribution >= 0.6 is 0 Å². The van der Waals surface area contributed by atoms with Gasteiger partial charge in [0.15, 0.2) is 0 Å². The number of carbonyl (C=O) groups is 2. The molecule has 96 valence electrons. The third-order valence-corrected chi connectivity index (χ3v) is 3.19. The first kappa shape index (κ1) is 12.7. The number of amides is 2. The van der Waals surface area contributed by atoms with Crippen LogP contribution in [0.3, 0.4) is 0 Å². The third-order valence-electron chi connectivity index (χ3n) is 3.19. The Hall–Kier alpha value is -1.75. The average Bonchev–Trinajstić information content (AvgIpc) is 2.39. The Morgan fingerprint density at radius 1 is 1.39 bits per heavy atom. The highest BCUT2D eigenvalue weighted by Crippen LogP contribution is 2.28. The molecule has 2 rings (SSSR count). The molecule has 5 heteroatoms. The molecule has 1 aromatic rings. The molecule has 1 saturated heterocycles. The molecule has 1 fully saturated rings. The van der Waals surface area contributed by atoms with Crippen molar-refractivity contribution in [3.63, 3.8) is 0 Å². The van der Waals surface area contributed by atoms with E-state index in [-0.39, 0.29) is 17.7 Å². The van der Waals surface area contributed by atoms with E-state index >= 15 is 0 Å². The van der Waals surface area contributed by atoms with Crippen molar-refractivity contribution in [2.45, 2.75) is 18.8 Å². The molecule has 1 N–H and O–H groups in total. The highest BCUT2D eigenvalue weighted by atomic mass is 16.2. The maximum atomic E-state index is 12.0. The van der Waals surface area contributed by atoms with Gasteiger partial charge in [0.05, 0.1) is 0 Å². The molecular weight excluding hydrogens is 230 g/mol. The van der Waals surface area contributed by atoms with Crippen LogP contribution in [0.25, 0.3) is 0 Å². The number of aromatic nitrogens is 1. The minimum absolute atomic E-state index is 0.0236. The summed E-state index contributed by atoms with van der Waals surface area (Å²) in [5.74, 6) is -0.199. The zero-order valence-corrected chi connectivity index (χ0v) is 10.4. The van der Waals surface area contributed by atoms with Crippen LogP contribution in [-0.4, -0.2) is 41.8 Å². The lowest BCUT2D eigenvalue weighted by molar-refractivity contribution is -0.148. The average molecular weight is 247 g/mol. The maximum absolute atomic E-state index is 12.0. The van der Waals surface area contributed by atoms with Crippen LogP contribution in [-0.2, 0) is 9.59 Å². The summed E-state index contributed by atoms with van der Waals surface area (Å²) in [5, 5.41) is 2.94. The second-order valence-corrected chi connectivity index (χ2v) is 4.43. The highest BCUT2D eigenvalue weighted by Gasteiger charge is 2.32. The van der Waals surface area contributed by atoms with Crippen molar-refractivity contribution in [2.24, 2.45) is 0 Å². The lowest BCUT2D eigenvalue weighted by Crippen LogP contribution is -2.45. The summed E-state index contributed by atoms with van der Waals surface area (Å²) in [5.41, 5.74) is 0.965. The van der Waals surface area contributed by atoms with Gasteiger partial charge in [-0.25, -0.2) is 0 Å². The van der Waals surface area contributed by atoms with Gasteiger partial charge in [0.1, 0.15) is 0 Å². The number of hydrogen-bond donors (Lipinski definition) is 1. The molecule has 5 nitrogen and oxygen atoms in total. The standard InChI is InChI=1S/C13H17N3O2/c1-14-5-6-16-12(17)7-11(8-13(16)18)10-3-2-4-15-9-10/h2-4,9,11,14H,5-8H2,1H3. The quantitative estimate of drug-likeness (QED) is 0.789. The van der Waals surface area contributed by atoms with E-state index in [0.717, 1.165) is 5.56 Å². The molecule has 2 heterocycles. The zero-order valence-electron chi connectivity index (χ0n) is 10.4. The summed E-state index contributed by atoms with van der Waals surface area (Å²) in [6.45, 7) is 1.09. The molecule has 0 radical (unpaired) electrons. The van der Waals surface area contributed by atoms with Crippen molar-refractivity contribution in [3.8, 4) is 0 Å². The van der Waals surface area contributed by atoms with Crippen LogP contribution in [0.15, 0.2) is 24.5 Å². The summed E-state index contributed by atoms with van der Waals surface area (Å²) in [7, 11) is 1.80. The molecule has 0 spiro atoms. The molecule has 0 aromatic carbocycles. The van der Waals surface area contributed by atoms with Gasteiger partial charge < -0.3 is 5.32 Å². The van der Waals surface area contributed by atoms with E-state index in [4.69, 9.17) is 0 Å². The second kappa shape index (κ2) is 5.73. The normalized spacial score (nSPS) is 17.3. The van der Waals surface area contributed by atoms with Crippen LogP contribution in [0.4, 0.5) is 0 Å². The molecule has 1 aromatic heterocycles. The van der Waals surface area contributed by atoms with E-state index in [0.29, 0.717) is 25.9 Å². The van der Waals surface area contributed by atoms with E-state index in [1.165, 1.54) is 4.90 Å². The topological polar surface area (TPSA) is 62.3 Å². The molecule has 18 heavy (non-hydrogen) atoms. The number of nitrogens with zero attached hydrogens (tertiary/aromatic N) is 2. The van der Waals surface area contributed by atoms with Crippen LogP contribution in [0.2, 0.25) is 0 Å². The van der Waals surface area contributed by atoms with Crippen molar-refractivity contribution in [1.29, 1.82) is 0 Å². The molecule has 0 bridgehead atoms. The summed E-state index contributed by atoms with van der Waals surface area (Å²) in [4.78, 5) is 29.3. The SMILES string of the molecule is CNCCN1C(=O)CC(c2cccnc2)CC1=O. The summed E-state index contributed by atoms with van der Waals surface area (Å²) in [6, 6.07) is 3.75. The van der Waals surface area contributed by atoms with Gasteiger partial charge in [-0.15, -0.1) is 0 Å². The number of carbonyl (C=O) groups excluding carboxylic acids is 2. The number of imide groups is 1. The molecule has 2 amide bonds. The minimum Gasteiger partial charge on any atom is -0.318 e. The van der Waals surface area contributed by atoms with Gasteiger partial charge in [0, 0.05) is 44.2 Å². The van der Waals surface area contributed by atoms with Gasteiger partial charge >= 0.3 is 0 Å². The Labute approximate surface area is 106 Å². The molecule has 0 atom stereocenters. The first-order chi connectivity index (χ1) is 8.72. The molecular formula is C13H17N3O2. The van der Waals surface area contributed by atoms with E-state index < -0.39 is 0 Å². The van der Waals surface area contributed by atoms with Crippen molar-refractivity contribution < 1.29 is 9.59 Å². The zero-order chi connectivity index (χ0) is 13.0. The van der Waals surface area contributed by atoms with Crippen molar-refractivity contribution in [1.82, 2.24) is 15.2 Å². The number of nitrogens with one attached hydrogen (secondary N) is 1. The van der Waals surface area contributed by atoms with Gasteiger partial charge in [-0.1, -0.05) is 6.07 Å². The van der Waals surface area contributed by atoms with Crippen LogP contribution in [0.1, 0.15) is 24.3 Å². The molecule has 1 aliphatic heterocycles. The van der Waals surface area contributed by atoms with Gasteiger partial charge in [0.2, 0.25) is 11.8 Å². The van der Waals surface area contributed by atoms with Gasteiger partial charge in [-0.3, -0.25) is 19.5 Å². The molecule has 0 aliphatic carbocycles. The Kier molecular flexibility index (Phi) is 4.04. The maximum Gasteiger partial charge on any atom is 0.229 e. The van der Waals surface area contributed by atoms with E-state index in [2.05, 4.69) is 10.3 Å². The first-order valence-electron chi connectivity index (χ1n) is 6.10. The highest BCUT2D eigenvalue weighted by molar-refractivity contribution is 5.98. The van der Waals surface area contributed by atoms with Gasteiger partial charge in [0.25, 0.3) is 0 Å². The Balaban J connectivity index is 2.05. The fourth-order valence-electron chi connectivity index (χ4n) is 2.18. The predicted molar refractivity (Wildman–Crippen MR) is 66.9 cm³/mol. The number of rotatable bonds is 4. The largest absolute Gasteiger partial charge is 0.318 e. The van der Waals surface area contributed by atoms with Crippen molar-refractivity contribution >= 4 is 11.8 Å². The van der Waals surface area contributed by atoms with Crippen LogP contribution < -0.4 is 5.32 Å². The first-order valence-corrected chi connectivity index (χ1v) is 6.10. The fraction of sp³-hybridized carbons (Fsp3) is 0.462. The van der Waals surface area contributed by atoms with Crippen molar-refractivity contribution in [3.05, 3.63) is 30.1 Å². The van der Waals surface area contributed by atoms with E-state index in [1.54, 1.807) is 19.4 Å². The Morgan fingerprint density at radius 2 is 2.11 bits per heavy atom. The lowest BCUT2D eigenvalue weighted by Gasteiger charge is -2.30. The van der Waals surface area contributed by atoms with Gasteiger partial charge in [-0.05, 0) is 18.7 Å². The van der Waals surface area contributed by atoms with Crippen LogP contribution in [0.5, 0.6) is 0 Å². The molecule has 0 unspecified atom stereocenters.